The highest BCUT2D eigenvalue weighted by molar-refractivity contribution is 7.89. The largest absolute Gasteiger partial charge is 0.347 e. The summed E-state index contributed by atoms with van der Waals surface area (Å²) in [6.07, 6.45) is 1.79. The number of amides is 1. The summed E-state index contributed by atoms with van der Waals surface area (Å²) in [6, 6.07) is 8.64. The maximum absolute atomic E-state index is 12.5. The zero-order chi connectivity index (χ0) is 19.7. The first-order valence-corrected chi connectivity index (χ1v) is 12.1. The van der Waals surface area contributed by atoms with Crippen LogP contribution in [0.5, 0.6) is 0 Å². The summed E-state index contributed by atoms with van der Waals surface area (Å²) >= 11 is 2.97. The van der Waals surface area contributed by atoms with Crippen molar-refractivity contribution in [3.05, 3.63) is 57.2 Å². The van der Waals surface area contributed by atoms with Crippen LogP contribution in [0, 0.1) is 6.92 Å². The highest BCUT2D eigenvalue weighted by Gasteiger charge is 2.27. The quantitative estimate of drug-likeness (QED) is 0.596. The van der Waals surface area contributed by atoms with Gasteiger partial charge in [0.1, 0.15) is 9.88 Å². The van der Waals surface area contributed by atoms with E-state index >= 15 is 0 Å². The number of thiazole rings is 1. The first-order chi connectivity index (χ1) is 13.4. The van der Waals surface area contributed by atoms with Gasteiger partial charge < -0.3 is 5.32 Å². The van der Waals surface area contributed by atoms with Gasteiger partial charge in [-0.1, -0.05) is 12.1 Å². The van der Waals surface area contributed by atoms with Gasteiger partial charge in [0.25, 0.3) is 5.91 Å². The molecule has 28 heavy (non-hydrogen) atoms. The Morgan fingerprint density at radius 2 is 1.96 bits per heavy atom. The minimum absolute atomic E-state index is 0.0746. The van der Waals surface area contributed by atoms with E-state index in [1.807, 2.05) is 23.8 Å². The fraction of sp³-hybridized carbons (Fsp3) is 0.263. The van der Waals surface area contributed by atoms with E-state index in [-0.39, 0.29) is 16.8 Å². The van der Waals surface area contributed by atoms with Crippen molar-refractivity contribution >= 4 is 38.6 Å². The Morgan fingerprint density at radius 1 is 1.21 bits per heavy atom. The molecule has 1 fully saturated rings. The number of carbonyl (C=O) groups excluding carboxylic acids is 1. The van der Waals surface area contributed by atoms with Crippen molar-refractivity contribution in [1.82, 2.24) is 15.0 Å². The zero-order valence-corrected chi connectivity index (χ0v) is 17.6. The molecule has 6 nitrogen and oxygen atoms in total. The predicted molar refractivity (Wildman–Crippen MR) is 111 cm³/mol. The molecule has 2 aromatic heterocycles. The molecule has 2 heterocycles. The summed E-state index contributed by atoms with van der Waals surface area (Å²) in [4.78, 5) is 17.9. The van der Waals surface area contributed by atoms with Gasteiger partial charge in [0.15, 0.2) is 0 Å². The molecule has 1 aliphatic rings. The van der Waals surface area contributed by atoms with Gasteiger partial charge in [-0.15, -0.1) is 11.3 Å². The smallest absolute Gasteiger partial charge is 0.263 e. The van der Waals surface area contributed by atoms with Gasteiger partial charge in [0, 0.05) is 23.5 Å². The Bertz CT molecular complexity index is 1080. The van der Waals surface area contributed by atoms with Crippen molar-refractivity contribution in [2.24, 2.45) is 0 Å². The summed E-state index contributed by atoms with van der Waals surface area (Å²) in [6.45, 7) is 2.15. The molecular formula is C19H19N3O3S3. The van der Waals surface area contributed by atoms with Crippen LogP contribution in [0.4, 0.5) is 0 Å². The normalized spacial score (nSPS) is 14.2. The summed E-state index contributed by atoms with van der Waals surface area (Å²) < 4.78 is 27.0. The number of hydrogen-bond acceptors (Lipinski definition) is 6. The molecular weight excluding hydrogens is 414 g/mol. The number of nitrogens with zero attached hydrogens (tertiary/aromatic N) is 1. The van der Waals surface area contributed by atoms with Gasteiger partial charge in [-0.25, -0.2) is 18.1 Å². The average Bonchev–Trinajstić information content (AvgIpc) is 3.16. The minimum Gasteiger partial charge on any atom is -0.347 e. The number of carbonyl (C=O) groups is 1. The summed E-state index contributed by atoms with van der Waals surface area (Å²) in [5.41, 5.74) is 2.56. The van der Waals surface area contributed by atoms with Crippen LogP contribution in [-0.4, -0.2) is 25.4 Å². The SMILES string of the molecule is Cc1nc(-c2ccsc2)sc1C(=O)NCc1ccc(S(=O)(=O)NC2CC2)cc1. The third-order valence-electron chi connectivity index (χ3n) is 4.36. The highest BCUT2D eigenvalue weighted by Crippen LogP contribution is 2.29. The van der Waals surface area contributed by atoms with Crippen LogP contribution >= 0.6 is 22.7 Å². The maximum atomic E-state index is 12.5. The monoisotopic (exact) mass is 433 g/mol. The number of rotatable bonds is 7. The molecule has 3 aromatic rings. The average molecular weight is 434 g/mol. The van der Waals surface area contributed by atoms with Crippen LogP contribution in [0.3, 0.4) is 0 Å². The van der Waals surface area contributed by atoms with Crippen molar-refractivity contribution in [1.29, 1.82) is 0 Å². The molecule has 0 unspecified atom stereocenters. The van der Waals surface area contributed by atoms with Crippen molar-refractivity contribution in [3.8, 4) is 10.6 Å². The molecule has 0 radical (unpaired) electrons. The lowest BCUT2D eigenvalue weighted by molar-refractivity contribution is 0.0954. The van der Waals surface area contributed by atoms with Gasteiger partial charge >= 0.3 is 0 Å². The van der Waals surface area contributed by atoms with E-state index in [0.29, 0.717) is 17.1 Å². The van der Waals surface area contributed by atoms with Crippen molar-refractivity contribution in [3.63, 3.8) is 0 Å². The molecule has 1 saturated carbocycles. The summed E-state index contributed by atoms with van der Waals surface area (Å²) in [5, 5.41) is 7.71. The Hall–Kier alpha value is -2.07. The van der Waals surface area contributed by atoms with Crippen LogP contribution in [-0.2, 0) is 16.6 Å². The zero-order valence-electron chi connectivity index (χ0n) is 15.1. The van der Waals surface area contributed by atoms with Gasteiger partial charge in [0.05, 0.1) is 10.6 Å². The number of sulfonamides is 1. The van der Waals surface area contributed by atoms with Crippen LogP contribution < -0.4 is 10.0 Å². The van der Waals surface area contributed by atoms with E-state index in [9.17, 15) is 13.2 Å². The molecule has 4 rings (SSSR count). The van der Waals surface area contributed by atoms with Gasteiger partial charge in [-0.05, 0) is 48.9 Å². The topological polar surface area (TPSA) is 88.2 Å². The number of aromatic nitrogens is 1. The Kier molecular flexibility index (Phi) is 5.33. The van der Waals surface area contributed by atoms with Crippen molar-refractivity contribution in [2.45, 2.75) is 37.2 Å². The molecule has 0 aliphatic heterocycles. The van der Waals surface area contributed by atoms with E-state index in [0.717, 1.165) is 29.0 Å². The lowest BCUT2D eigenvalue weighted by Crippen LogP contribution is -2.26. The summed E-state index contributed by atoms with van der Waals surface area (Å²) in [7, 11) is -3.46. The molecule has 0 saturated heterocycles. The second-order valence-corrected chi connectivity index (χ2v) is 10.2. The third-order valence-corrected chi connectivity index (χ3v) is 7.78. The van der Waals surface area contributed by atoms with Crippen LogP contribution in [0.15, 0.2) is 46.0 Å². The molecule has 0 atom stereocenters. The van der Waals surface area contributed by atoms with Gasteiger partial charge in [-0.2, -0.15) is 11.3 Å². The fourth-order valence-electron chi connectivity index (χ4n) is 2.65. The Balaban J connectivity index is 1.40. The molecule has 0 spiro atoms. The predicted octanol–water partition coefficient (Wildman–Crippen LogP) is 3.55. The molecule has 146 valence electrons. The Morgan fingerprint density at radius 3 is 2.61 bits per heavy atom. The van der Waals surface area contributed by atoms with E-state index in [1.165, 1.54) is 11.3 Å². The Labute approximate surface area is 171 Å². The van der Waals surface area contributed by atoms with Gasteiger partial charge in [-0.3, -0.25) is 4.79 Å². The third kappa shape index (κ3) is 4.33. The van der Waals surface area contributed by atoms with E-state index < -0.39 is 10.0 Å². The highest BCUT2D eigenvalue weighted by atomic mass is 32.2. The molecule has 1 aromatic carbocycles. The number of nitrogens with one attached hydrogen (secondary N) is 2. The lowest BCUT2D eigenvalue weighted by atomic mass is 10.2. The van der Waals surface area contributed by atoms with E-state index in [1.54, 1.807) is 35.6 Å². The van der Waals surface area contributed by atoms with E-state index in [2.05, 4.69) is 15.0 Å². The molecule has 1 aliphatic carbocycles. The molecule has 9 heteroatoms. The second-order valence-electron chi connectivity index (χ2n) is 6.67. The molecule has 2 N–H and O–H groups in total. The number of benzene rings is 1. The number of thiophene rings is 1. The van der Waals surface area contributed by atoms with Gasteiger partial charge in [0.2, 0.25) is 10.0 Å². The molecule has 0 bridgehead atoms. The number of aryl methyl sites for hydroxylation is 1. The first-order valence-electron chi connectivity index (χ1n) is 8.82. The van der Waals surface area contributed by atoms with Crippen LogP contribution in [0.25, 0.3) is 10.6 Å². The second kappa shape index (κ2) is 7.75. The van der Waals surface area contributed by atoms with E-state index in [4.69, 9.17) is 0 Å². The maximum Gasteiger partial charge on any atom is 0.263 e. The number of hydrogen-bond donors (Lipinski definition) is 2. The van der Waals surface area contributed by atoms with Crippen molar-refractivity contribution < 1.29 is 13.2 Å². The van der Waals surface area contributed by atoms with Crippen LogP contribution in [0.1, 0.15) is 33.8 Å². The molecule has 1 amide bonds. The standard InChI is InChI=1S/C19H19N3O3S3/c1-12-17(27-19(21-12)14-8-9-26-11-14)18(23)20-10-13-2-6-16(7-3-13)28(24,25)22-15-4-5-15/h2-3,6-9,11,15,22H,4-5,10H2,1H3,(H,20,23). The first kappa shape index (κ1) is 19.3. The fourth-order valence-corrected chi connectivity index (χ4v) is 5.65. The van der Waals surface area contributed by atoms with Crippen LogP contribution in [0.2, 0.25) is 0 Å². The lowest BCUT2D eigenvalue weighted by Gasteiger charge is -2.07. The minimum atomic E-state index is -3.46. The van der Waals surface area contributed by atoms with Crippen molar-refractivity contribution in [2.75, 3.05) is 0 Å². The summed E-state index contributed by atoms with van der Waals surface area (Å²) in [5.74, 6) is -0.177.